The van der Waals surface area contributed by atoms with Crippen LogP contribution in [0.4, 0.5) is 0 Å². The smallest absolute Gasteiger partial charge is 0.358 e. The Kier molecular flexibility index (Phi) is 7.64. The highest BCUT2D eigenvalue weighted by molar-refractivity contribution is 6.30. The number of aryl methyl sites for hydroxylation is 1. The van der Waals surface area contributed by atoms with Gasteiger partial charge in [-0.2, -0.15) is 0 Å². The van der Waals surface area contributed by atoms with Gasteiger partial charge in [0.15, 0.2) is 11.4 Å². The Bertz CT molecular complexity index is 888. The number of ether oxygens (including phenoxy) is 2. The van der Waals surface area contributed by atoms with E-state index in [1.165, 1.54) is 0 Å². The molecule has 31 heavy (non-hydrogen) atoms. The summed E-state index contributed by atoms with van der Waals surface area (Å²) in [6.45, 7) is 7.54. The van der Waals surface area contributed by atoms with E-state index in [2.05, 4.69) is 9.88 Å². The van der Waals surface area contributed by atoms with Gasteiger partial charge in [-0.05, 0) is 51.3 Å². The number of hydrogen-bond donors (Lipinski definition) is 3. The molecule has 1 aliphatic rings. The number of piperidine rings is 1. The molecule has 170 valence electrons. The number of likely N-dealkylation sites (tertiary alicyclic amines) is 1. The SMILES string of the molecule is CCOC(=O)c1[nH]c(C)c(C)c1OCC(O)CN1CCC(O)(c2ccc(Cl)cc2)CC1. The van der Waals surface area contributed by atoms with Crippen molar-refractivity contribution < 1.29 is 24.5 Å². The highest BCUT2D eigenvalue weighted by atomic mass is 35.5. The van der Waals surface area contributed by atoms with Gasteiger partial charge < -0.3 is 29.6 Å². The van der Waals surface area contributed by atoms with Gasteiger partial charge in [0.1, 0.15) is 12.7 Å². The molecule has 1 saturated heterocycles. The Labute approximate surface area is 187 Å². The number of esters is 1. The average molecular weight is 451 g/mol. The zero-order chi connectivity index (χ0) is 22.6. The maximum absolute atomic E-state index is 12.2. The minimum absolute atomic E-state index is 0.0580. The number of aliphatic hydroxyl groups is 2. The Balaban J connectivity index is 1.53. The molecule has 1 aromatic heterocycles. The van der Waals surface area contributed by atoms with Crippen molar-refractivity contribution in [2.75, 3.05) is 32.8 Å². The molecule has 2 aromatic rings. The molecule has 0 aliphatic carbocycles. The van der Waals surface area contributed by atoms with E-state index >= 15 is 0 Å². The van der Waals surface area contributed by atoms with Crippen LogP contribution in [0.5, 0.6) is 5.75 Å². The first-order chi connectivity index (χ1) is 14.7. The van der Waals surface area contributed by atoms with Crippen LogP contribution in [0.3, 0.4) is 0 Å². The molecule has 0 saturated carbocycles. The maximum Gasteiger partial charge on any atom is 0.358 e. The van der Waals surface area contributed by atoms with Crippen LogP contribution in [0, 0.1) is 13.8 Å². The van der Waals surface area contributed by atoms with Gasteiger partial charge in [-0.15, -0.1) is 0 Å². The summed E-state index contributed by atoms with van der Waals surface area (Å²) < 4.78 is 10.9. The number of β-amino-alcohol motifs (C(OH)–C–C–N with tert-alkyl or cyclic N) is 1. The number of aromatic amines is 1. The third-order valence-corrected chi connectivity index (χ3v) is 6.13. The number of aromatic nitrogens is 1. The van der Waals surface area contributed by atoms with E-state index in [0.29, 0.717) is 43.2 Å². The molecule has 3 N–H and O–H groups in total. The molecule has 3 rings (SSSR count). The first kappa shape index (κ1) is 23.6. The van der Waals surface area contributed by atoms with Crippen molar-refractivity contribution in [3.8, 4) is 5.75 Å². The largest absolute Gasteiger partial charge is 0.488 e. The summed E-state index contributed by atoms with van der Waals surface area (Å²) in [5, 5.41) is 22.1. The van der Waals surface area contributed by atoms with Crippen molar-refractivity contribution in [1.29, 1.82) is 0 Å². The Morgan fingerprint density at radius 3 is 2.52 bits per heavy atom. The van der Waals surface area contributed by atoms with E-state index in [4.69, 9.17) is 21.1 Å². The molecule has 1 aromatic carbocycles. The van der Waals surface area contributed by atoms with Gasteiger partial charge in [-0.3, -0.25) is 0 Å². The van der Waals surface area contributed by atoms with Crippen LogP contribution in [0.25, 0.3) is 0 Å². The van der Waals surface area contributed by atoms with Crippen LogP contribution < -0.4 is 4.74 Å². The summed E-state index contributed by atoms with van der Waals surface area (Å²) in [4.78, 5) is 17.3. The van der Waals surface area contributed by atoms with E-state index in [1.807, 2.05) is 26.0 Å². The van der Waals surface area contributed by atoms with Crippen LogP contribution in [0.15, 0.2) is 24.3 Å². The number of nitrogens with one attached hydrogen (secondary N) is 1. The maximum atomic E-state index is 12.2. The Morgan fingerprint density at radius 2 is 1.90 bits per heavy atom. The number of rotatable bonds is 8. The number of aliphatic hydroxyl groups excluding tert-OH is 1. The van der Waals surface area contributed by atoms with Gasteiger partial charge in [-0.25, -0.2) is 4.79 Å². The minimum atomic E-state index is -0.878. The third-order valence-electron chi connectivity index (χ3n) is 5.88. The summed E-state index contributed by atoms with van der Waals surface area (Å²) >= 11 is 5.95. The van der Waals surface area contributed by atoms with Gasteiger partial charge in [0, 0.05) is 35.9 Å². The lowest BCUT2D eigenvalue weighted by atomic mass is 9.84. The molecule has 7 nitrogen and oxygen atoms in total. The number of nitrogens with zero attached hydrogens (tertiary/aromatic N) is 1. The molecule has 0 amide bonds. The van der Waals surface area contributed by atoms with Crippen molar-refractivity contribution >= 4 is 17.6 Å². The average Bonchev–Trinajstić information content (AvgIpc) is 3.03. The number of carbonyl (C=O) groups excluding carboxylic acids is 1. The van der Waals surface area contributed by atoms with Crippen molar-refractivity contribution in [3.63, 3.8) is 0 Å². The number of carbonyl (C=O) groups is 1. The highest BCUT2D eigenvalue weighted by Crippen LogP contribution is 2.33. The first-order valence-corrected chi connectivity index (χ1v) is 11.0. The molecule has 0 radical (unpaired) electrons. The lowest BCUT2D eigenvalue weighted by molar-refractivity contribution is -0.0372. The van der Waals surface area contributed by atoms with Crippen LogP contribution in [0.1, 0.15) is 47.1 Å². The summed E-state index contributed by atoms with van der Waals surface area (Å²) in [6, 6.07) is 7.31. The summed E-state index contributed by atoms with van der Waals surface area (Å²) in [7, 11) is 0. The van der Waals surface area contributed by atoms with Gasteiger partial charge in [0.05, 0.1) is 12.2 Å². The molecule has 1 atom stereocenters. The molecule has 8 heteroatoms. The van der Waals surface area contributed by atoms with Crippen molar-refractivity contribution in [3.05, 3.63) is 51.8 Å². The number of halogens is 1. The molecule has 1 unspecified atom stereocenters. The van der Waals surface area contributed by atoms with E-state index < -0.39 is 17.7 Å². The second-order valence-electron chi connectivity index (χ2n) is 8.10. The van der Waals surface area contributed by atoms with Crippen molar-refractivity contribution in [2.45, 2.75) is 45.3 Å². The summed E-state index contributed by atoms with van der Waals surface area (Å²) in [6.07, 6.45) is 0.419. The lowest BCUT2D eigenvalue weighted by Gasteiger charge is -2.39. The fourth-order valence-corrected chi connectivity index (χ4v) is 4.03. The Hall–Kier alpha value is -2.06. The van der Waals surface area contributed by atoms with E-state index in [-0.39, 0.29) is 18.9 Å². The van der Waals surface area contributed by atoms with Crippen LogP contribution in [0.2, 0.25) is 5.02 Å². The van der Waals surface area contributed by atoms with E-state index in [0.717, 1.165) is 16.8 Å². The quantitative estimate of drug-likeness (QED) is 0.535. The molecular formula is C23H31ClN2O5. The topological polar surface area (TPSA) is 95.0 Å². The predicted molar refractivity (Wildman–Crippen MR) is 119 cm³/mol. The van der Waals surface area contributed by atoms with Crippen LogP contribution in [-0.4, -0.2) is 65.0 Å². The zero-order valence-corrected chi connectivity index (χ0v) is 19.0. The monoisotopic (exact) mass is 450 g/mol. The minimum Gasteiger partial charge on any atom is -0.488 e. The van der Waals surface area contributed by atoms with Crippen LogP contribution >= 0.6 is 11.6 Å². The normalized spacial score (nSPS) is 17.4. The molecule has 1 fully saturated rings. The molecule has 1 aliphatic heterocycles. The molecule has 0 spiro atoms. The second kappa shape index (κ2) is 10.0. The van der Waals surface area contributed by atoms with E-state index in [9.17, 15) is 15.0 Å². The number of hydrogen-bond acceptors (Lipinski definition) is 6. The van der Waals surface area contributed by atoms with Gasteiger partial charge >= 0.3 is 5.97 Å². The highest BCUT2D eigenvalue weighted by Gasteiger charge is 2.34. The van der Waals surface area contributed by atoms with Gasteiger partial charge in [0.25, 0.3) is 0 Å². The lowest BCUT2D eigenvalue weighted by Crippen LogP contribution is -2.46. The fraction of sp³-hybridized carbons (Fsp3) is 0.522. The molecule has 0 bridgehead atoms. The van der Waals surface area contributed by atoms with E-state index in [1.54, 1.807) is 19.1 Å². The molecular weight excluding hydrogens is 420 g/mol. The number of H-pyrrole nitrogens is 1. The fourth-order valence-electron chi connectivity index (χ4n) is 3.91. The third kappa shape index (κ3) is 5.60. The van der Waals surface area contributed by atoms with Crippen molar-refractivity contribution in [1.82, 2.24) is 9.88 Å². The Morgan fingerprint density at radius 1 is 1.26 bits per heavy atom. The first-order valence-electron chi connectivity index (χ1n) is 10.6. The predicted octanol–water partition coefficient (Wildman–Crippen LogP) is 3.18. The van der Waals surface area contributed by atoms with Crippen LogP contribution in [-0.2, 0) is 10.3 Å². The standard InChI is InChI=1S/C23H31ClN2O5/c1-4-30-22(28)20-21(15(2)16(3)25-20)31-14-19(27)13-26-11-9-23(29,10-12-26)17-5-7-18(24)8-6-17/h5-8,19,25,27,29H,4,9-14H2,1-3H3. The molecule has 2 heterocycles. The van der Waals surface area contributed by atoms with Gasteiger partial charge in [0.2, 0.25) is 0 Å². The van der Waals surface area contributed by atoms with Gasteiger partial charge in [-0.1, -0.05) is 23.7 Å². The number of benzene rings is 1. The second-order valence-corrected chi connectivity index (χ2v) is 8.54. The van der Waals surface area contributed by atoms with Crippen molar-refractivity contribution in [2.24, 2.45) is 0 Å². The zero-order valence-electron chi connectivity index (χ0n) is 18.3. The summed E-state index contributed by atoms with van der Waals surface area (Å²) in [5.41, 5.74) is 1.91. The summed E-state index contributed by atoms with van der Waals surface area (Å²) in [5.74, 6) is -0.0496.